The van der Waals surface area contributed by atoms with Crippen LogP contribution in [0, 0.1) is 11.8 Å². The number of hydrogen-bond acceptors (Lipinski definition) is 4. The van der Waals surface area contributed by atoms with E-state index in [0.717, 1.165) is 29.8 Å². The first-order valence-corrected chi connectivity index (χ1v) is 8.09. The molecule has 0 bridgehead atoms. The second-order valence-corrected chi connectivity index (χ2v) is 5.64. The first-order chi connectivity index (χ1) is 11.8. The fourth-order valence-electron chi connectivity index (χ4n) is 2.86. The van der Waals surface area contributed by atoms with Gasteiger partial charge in [-0.3, -0.25) is 0 Å². The van der Waals surface area contributed by atoms with Gasteiger partial charge in [-0.2, -0.15) is 0 Å². The summed E-state index contributed by atoms with van der Waals surface area (Å²) in [4.78, 5) is 4.16. The number of ether oxygens (including phenoxy) is 3. The summed E-state index contributed by atoms with van der Waals surface area (Å²) in [6.07, 6.45) is 3.44. The van der Waals surface area contributed by atoms with E-state index in [4.69, 9.17) is 14.2 Å². The van der Waals surface area contributed by atoms with Crippen LogP contribution in [0.2, 0.25) is 0 Å². The SMILES string of the molecule is COC1(c2cccc(OCC#Cc3ccccn3)c2)CCOCC1. The number of hydrogen-bond donors (Lipinski definition) is 0. The van der Waals surface area contributed by atoms with Gasteiger partial charge in [-0.1, -0.05) is 24.1 Å². The molecule has 1 aromatic carbocycles. The standard InChI is InChI=1S/C20H21NO3/c1-22-20(10-14-23-15-11-20)17-6-4-9-19(16-17)24-13-5-8-18-7-2-3-12-21-18/h2-4,6-7,9,12,16H,10-11,13-15H2,1H3. The maximum absolute atomic E-state index is 5.83. The highest BCUT2D eigenvalue weighted by atomic mass is 16.5. The Morgan fingerprint density at radius 2 is 2.04 bits per heavy atom. The quantitative estimate of drug-likeness (QED) is 0.811. The molecule has 0 saturated carbocycles. The molecule has 2 aromatic rings. The first kappa shape index (κ1) is 16.5. The molecule has 2 heterocycles. The van der Waals surface area contributed by atoms with Crippen molar-refractivity contribution in [2.75, 3.05) is 26.9 Å². The van der Waals surface area contributed by atoms with Crippen LogP contribution in [-0.2, 0) is 15.1 Å². The van der Waals surface area contributed by atoms with Gasteiger partial charge in [0.1, 0.15) is 18.1 Å². The third-order valence-corrected chi connectivity index (χ3v) is 4.24. The molecular weight excluding hydrogens is 302 g/mol. The van der Waals surface area contributed by atoms with Crippen LogP contribution in [0.5, 0.6) is 5.75 Å². The maximum atomic E-state index is 5.83. The highest BCUT2D eigenvalue weighted by Crippen LogP contribution is 2.36. The van der Waals surface area contributed by atoms with Crippen LogP contribution in [0.3, 0.4) is 0 Å². The van der Waals surface area contributed by atoms with E-state index in [9.17, 15) is 0 Å². The number of rotatable bonds is 4. The summed E-state index contributed by atoms with van der Waals surface area (Å²) >= 11 is 0. The topological polar surface area (TPSA) is 40.6 Å². The average Bonchev–Trinajstić information content (AvgIpc) is 2.67. The predicted octanol–water partition coefficient (Wildman–Crippen LogP) is 3.16. The molecule has 1 fully saturated rings. The molecule has 1 aliphatic heterocycles. The molecule has 24 heavy (non-hydrogen) atoms. The highest BCUT2D eigenvalue weighted by molar-refractivity contribution is 5.33. The number of aromatic nitrogens is 1. The molecule has 0 N–H and O–H groups in total. The van der Waals surface area contributed by atoms with Crippen molar-refractivity contribution in [1.82, 2.24) is 4.98 Å². The van der Waals surface area contributed by atoms with Crippen LogP contribution in [0.1, 0.15) is 24.1 Å². The van der Waals surface area contributed by atoms with Crippen molar-refractivity contribution in [2.45, 2.75) is 18.4 Å². The number of nitrogens with zero attached hydrogens (tertiary/aromatic N) is 1. The van der Waals surface area contributed by atoms with E-state index >= 15 is 0 Å². The third kappa shape index (κ3) is 3.94. The van der Waals surface area contributed by atoms with E-state index in [-0.39, 0.29) is 5.60 Å². The highest BCUT2D eigenvalue weighted by Gasteiger charge is 2.34. The zero-order valence-corrected chi connectivity index (χ0v) is 13.8. The summed E-state index contributed by atoms with van der Waals surface area (Å²) < 4.78 is 17.1. The van der Waals surface area contributed by atoms with Crippen LogP contribution in [0.15, 0.2) is 48.7 Å². The summed E-state index contributed by atoms with van der Waals surface area (Å²) in [5.41, 5.74) is 1.59. The second kappa shape index (κ2) is 7.96. The molecule has 0 amide bonds. The lowest BCUT2D eigenvalue weighted by molar-refractivity contribution is -0.0948. The monoisotopic (exact) mass is 323 g/mol. The van der Waals surface area contributed by atoms with Crippen molar-refractivity contribution in [1.29, 1.82) is 0 Å². The van der Waals surface area contributed by atoms with Crippen molar-refractivity contribution in [3.05, 3.63) is 59.9 Å². The second-order valence-electron chi connectivity index (χ2n) is 5.64. The maximum Gasteiger partial charge on any atom is 0.149 e. The van der Waals surface area contributed by atoms with E-state index in [2.05, 4.69) is 22.9 Å². The smallest absolute Gasteiger partial charge is 0.149 e. The Labute approximate surface area is 142 Å². The largest absolute Gasteiger partial charge is 0.481 e. The van der Waals surface area contributed by atoms with Gasteiger partial charge in [0.2, 0.25) is 0 Å². The van der Waals surface area contributed by atoms with Gasteiger partial charge in [-0.05, 0) is 35.7 Å². The van der Waals surface area contributed by atoms with Gasteiger partial charge in [0.15, 0.2) is 0 Å². The van der Waals surface area contributed by atoms with Crippen LogP contribution >= 0.6 is 0 Å². The van der Waals surface area contributed by atoms with Crippen molar-refractivity contribution in [3.63, 3.8) is 0 Å². The van der Waals surface area contributed by atoms with Crippen LogP contribution in [-0.4, -0.2) is 31.9 Å². The van der Waals surface area contributed by atoms with E-state index in [1.54, 1.807) is 13.3 Å². The Morgan fingerprint density at radius 3 is 2.79 bits per heavy atom. The summed E-state index contributed by atoms with van der Waals surface area (Å²) in [6, 6.07) is 13.7. The van der Waals surface area contributed by atoms with E-state index in [0.29, 0.717) is 19.8 Å². The van der Waals surface area contributed by atoms with Gasteiger partial charge in [0.25, 0.3) is 0 Å². The lowest BCUT2D eigenvalue weighted by Crippen LogP contribution is -2.35. The van der Waals surface area contributed by atoms with E-state index in [1.165, 1.54) is 0 Å². The zero-order valence-electron chi connectivity index (χ0n) is 13.8. The van der Waals surface area contributed by atoms with Crippen molar-refractivity contribution in [3.8, 4) is 17.6 Å². The molecule has 0 atom stereocenters. The van der Waals surface area contributed by atoms with Gasteiger partial charge < -0.3 is 14.2 Å². The number of methoxy groups -OCH3 is 1. The van der Waals surface area contributed by atoms with Crippen molar-refractivity contribution >= 4 is 0 Å². The fraction of sp³-hybridized carbons (Fsp3) is 0.350. The van der Waals surface area contributed by atoms with Crippen LogP contribution < -0.4 is 4.74 Å². The molecule has 4 nitrogen and oxygen atoms in total. The zero-order chi connectivity index (χ0) is 16.7. The lowest BCUT2D eigenvalue weighted by Gasteiger charge is -2.36. The Balaban J connectivity index is 1.66. The molecule has 1 aliphatic rings. The minimum atomic E-state index is -0.280. The van der Waals surface area contributed by atoms with Gasteiger partial charge in [0.05, 0.1) is 5.60 Å². The molecule has 0 aliphatic carbocycles. The average molecular weight is 323 g/mol. The molecule has 0 spiro atoms. The third-order valence-electron chi connectivity index (χ3n) is 4.24. The van der Waals surface area contributed by atoms with Gasteiger partial charge in [-0.25, -0.2) is 4.98 Å². The van der Waals surface area contributed by atoms with Crippen molar-refractivity contribution < 1.29 is 14.2 Å². The molecule has 1 aromatic heterocycles. The Morgan fingerprint density at radius 1 is 1.17 bits per heavy atom. The summed E-state index contributed by atoms with van der Waals surface area (Å²) in [5, 5.41) is 0. The van der Waals surface area contributed by atoms with E-state index < -0.39 is 0 Å². The van der Waals surface area contributed by atoms with E-state index in [1.807, 2.05) is 36.4 Å². The molecule has 0 radical (unpaired) electrons. The predicted molar refractivity (Wildman–Crippen MR) is 91.8 cm³/mol. The summed E-state index contributed by atoms with van der Waals surface area (Å²) in [5.74, 6) is 6.77. The first-order valence-electron chi connectivity index (χ1n) is 8.09. The van der Waals surface area contributed by atoms with Gasteiger partial charge in [0, 0.05) is 39.4 Å². The Kier molecular flexibility index (Phi) is 5.47. The minimum absolute atomic E-state index is 0.280. The molecule has 124 valence electrons. The number of pyridine rings is 1. The molecule has 4 heteroatoms. The fourth-order valence-corrected chi connectivity index (χ4v) is 2.86. The summed E-state index contributed by atoms with van der Waals surface area (Å²) in [6.45, 7) is 1.76. The Hall–Kier alpha value is -2.35. The van der Waals surface area contributed by atoms with Gasteiger partial charge >= 0.3 is 0 Å². The number of benzene rings is 1. The molecule has 3 rings (SSSR count). The van der Waals surface area contributed by atoms with Crippen molar-refractivity contribution in [2.24, 2.45) is 0 Å². The van der Waals surface area contributed by atoms with Crippen LogP contribution in [0.25, 0.3) is 0 Å². The molecular formula is C20H21NO3. The lowest BCUT2D eigenvalue weighted by atomic mass is 9.86. The summed E-state index contributed by atoms with van der Waals surface area (Å²) in [7, 11) is 1.76. The normalized spacial score (nSPS) is 16.0. The Bertz CT molecular complexity index is 712. The minimum Gasteiger partial charge on any atom is -0.481 e. The molecule has 1 saturated heterocycles. The van der Waals surface area contributed by atoms with Crippen LogP contribution in [0.4, 0.5) is 0 Å². The molecule has 0 unspecified atom stereocenters. The van der Waals surface area contributed by atoms with Gasteiger partial charge in [-0.15, -0.1) is 0 Å².